The third-order valence-electron chi connectivity index (χ3n) is 5.99. The fourth-order valence-electron chi connectivity index (χ4n) is 4.38. The lowest BCUT2D eigenvalue weighted by molar-refractivity contribution is 0.173. The zero-order valence-electron chi connectivity index (χ0n) is 17.7. The van der Waals surface area contributed by atoms with E-state index in [1.807, 2.05) is 55.2 Å². The molecule has 1 unspecified atom stereocenters. The number of hydrogen-bond acceptors (Lipinski definition) is 6. The normalized spacial score (nSPS) is 17.2. The summed E-state index contributed by atoms with van der Waals surface area (Å²) in [5, 5.41) is 18.4. The summed E-state index contributed by atoms with van der Waals surface area (Å²) in [6.07, 6.45) is 7.79. The van der Waals surface area contributed by atoms with Gasteiger partial charge in [-0.1, -0.05) is 12.1 Å². The fourth-order valence-corrected chi connectivity index (χ4v) is 4.38. The van der Waals surface area contributed by atoms with Gasteiger partial charge in [0, 0.05) is 43.0 Å². The molecule has 1 aliphatic heterocycles. The van der Waals surface area contributed by atoms with Gasteiger partial charge in [0.15, 0.2) is 5.65 Å². The van der Waals surface area contributed by atoms with Crippen LogP contribution in [0.25, 0.3) is 16.9 Å². The molecule has 3 aromatic heterocycles. The van der Waals surface area contributed by atoms with Crippen LogP contribution in [0.1, 0.15) is 18.4 Å². The molecule has 158 valence electrons. The van der Waals surface area contributed by atoms with Gasteiger partial charge < -0.3 is 14.8 Å². The van der Waals surface area contributed by atoms with Crippen LogP contribution in [-0.4, -0.2) is 52.1 Å². The number of piperidine rings is 1. The summed E-state index contributed by atoms with van der Waals surface area (Å²) >= 11 is 0. The maximum absolute atomic E-state index is 10.3. The van der Waals surface area contributed by atoms with E-state index in [4.69, 9.17) is 9.40 Å². The van der Waals surface area contributed by atoms with Crippen molar-refractivity contribution in [1.29, 1.82) is 0 Å². The van der Waals surface area contributed by atoms with Gasteiger partial charge >= 0.3 is 0 Å². The summed E-state index contributed by atoms with van der Waals surface area (Å²) in [4.78, 5) is 7.25. The number of phenols is 1. The van der Waals surface area contributed by atoms with E-state index in [0.29, 0.717) is 5.92 Å². The Hall–Kier alpha value is -3.26. The summed E-state index contributed by atoms with van der Waals surface area (Å²) in [6, 6.07) is 11.3. The standard InChI is InChI=1S/C23H26BN5O2/c24-19-12-26-29-22(10-20(27-23(19)29)18-5-1-2-6-21(18)30)25-11-16-4-3-8-28(13-16)14-17-7-9-31-15-17/h1-2,5-7,9-10,12,15-16,25,30H,3-4,8,11,13-14,24H2. The van der Waals surface area contributed by atoms with Crippen LogP contribution in [0, 0.1) is 5.92 Å². The lowest BCUT2D eigenvalue weighted by atomic mass is 9.97. The first-order valence-corrected chi connectivity index (χ1v) is 10.8. The first-order valence-electron chi connectivity index (χ1n) is 10.8. The van der Waals surface area contributed by atoms with Crippen molar-refractivity contribution in [2.75, 3.05) is 25.0 Å². The quantitative estimate of drug-likeness (QED) is 0.471. The topological polar surface area (TPSA) is 78.8 Å². The van der Waals surface area contributed by atoms with Crippen LogP contribution in [0.5, 0.6) is 5.75 Å². The predicted octanol–water partition coefficient (Wildman–Crippen LogP) is 2.28. The maximum atomic E-state index is 10.3. The molecule has 2 N–H and O–H groups in total. The smallest absolute Gasteiger partial charge is 0.151 e. The maximum Gasteiger partial charge on any atom is 0.151 e. The molecule has 0 radical (unpaired) electrons. The second-order valence-electron chi connectivity index (χ2n) is 8.36. The van der Waals surface area contributed by atoms with Crippen molar-refractivity contribution in [3.63, 3.8) is 0 Å². The monoisotopic (exact) mass is 415 g/mol. The molecule has 0 saturated carbocycles. The van der Waals surface area contributed by atoms with Crippen molar-refractivity contribution < 1.29 is 9.52 Å². The van der Waals surface area contributed by atoms with Crippen LogP contribution in [-0.2, 0) is 6.54 Å². The molecule has 0 spiro atoms. The van der Waals surface area contributed by atoms with Crippen molar-refractivity contribution >= 4 is 24.8 Å². The number of anilines is 1. The molecule has 1 fully saturated rings. The number of fused-ring (bicyclic) bond motifs is 1. The Morgan fingerprint density at radius 3 is 3.00 bits per heavy atom. The van der Waals surface area contributed by atoms with Gasteiger partial charge in [-0.3, -0.25) is 4.90 Å². The highest BCUT2D eigenvalue weighted by molar-refractivity contribution is 6.36. The molecule has 0 aliphatic carbocycles. The number of likely N-dealkylation sites (tertiary alicyclic amines) is 1. The SMILES string of the molecule is Bc1cnn2c(NCC3CCCN(Cc4ccoc4)C3)cc(-c3ccccc3O)nc12. The van der Waals surface area contributed by atoms with Crippen molar-refractivity contribution in [2.24, 2.45) is 5.92 Å². The molecule has 1 aliphatic rings. The Morgan fingerprint density at radius 1 is 1.26 bits per heavy atom. The van der Waals surface area contributed by atoms with Gasteiger partial charge in [0.1, 0.15) is 19.4 Å². The zero-order chi connectivity index (χ0) is 21.2. The number of aromatic nitrogens is 3. The van der Waals surface area contributed by atoms with E-state index in [9.17, 15) is 5.11 Å². The minimum atomic E-state index is 0.227. The summed E-state index contributed by atoms with van der Waals surface area (Å²) in [7, 11) is 2.00. The predicted molar refractivity (Wildman–Crippen MR) is 123 cm³/mol. The summed E-state index contributed by atoms with van der Waals surface area (Å²) in [5.74, 6) is 1.67. The molecule has 5 rings (SSSR count). The minimum absolute atomic E-state index is 0.227. The lowest BCUT2D eigenvalue weighted by Gasteiger charge is -2.32. The number of furan rings is 1. The zero-order valence-corrected chi connectivity index (χ0v) is 17.7. The molecule has 1 saturated heterocycles. The fraction of sp³-hybridized carbons (Fsp3) is 0.304. The van der Waals surface area contributed by atoms with Crippen LogP contribution >= 0.6 is 0 Å². The molecule has 31 heavy (non-hydrogen) atoms. The number of nitrogens with zero attached hydrogens (tertiary/aromatic N) is 4. The Morgan fingerprint density at radius 2 is 2.16 bits per heavy atom. The number of aromatic hydroxyl groups is 1. The van der Waals surface area contributed by atoms with E-state index in [1.54, 1.807) is 12.3 Å². The number of para-hydroxylation sites is 1. The third-order valence-corrected chi connectivity index (χ3v) is 5.99. The average Bonchev–Trinajstić information content (AvgIpc) is 3.43. The molecule has 0 amide bonds. The van der Waals surface area contributed by atoms with Gasteiger partial charge in [-0.15, -0.1) is 0 Å². The number of phenolic OH excluding ortho intramolecular Hbond substituents is 1. The van der Waals surface area contributed by atoms with Crippen LogP contribution in [0.4, 0.5) is 5.82 Å². The molecule has 1 aromatic carbocycles. The van der Waals surface area contributed by atoms with Gasteiger partial charge in [-0.05, 0) is 49.0 Å². The van der Waals surface area contributed by atoms with E-state index < -0.39 is 0 Å². The van der Waals surface area contributed by atoms with E-state index >= 15 is 0 Å². The Labute approximate surface area is 182 Å². The minimum Gasteiger partial charge on any atom is -0.507 e. The van der Waals surface area contributed by atoms with E-state index in [0.717, 1.165) is 54.4 Å². The number of rotatable bonds is 6. The highest BCUT2D eigenvalue weighted by Crippen LogP contribution is 2.29. The number of hydrogen-bond donors (Lipinski definition) is 2. The second kappa shape index (κ2) is 8.47. The van der Waals surface area contributed by atoms with Gasteiger partial charge in [-0.25, -0.2) is 4.98 Å². The van der Waals surface area contributed by atoms with Crippen LogP contribution in [0.3, 0.4) is 0 Å². The van der Waals surface area contributed by atoms with Gasteiger partial charge in [-0.2, -0.15) is 9.61 Å². The summed E-state index contributed by atoms with van der Waals surface area (Å²) in [6.45, 7) is 3.97. The summed E-state index contributed by atoms with van der Waals surface area (Å²) in [5.41, 5.74) is 4.49. The summed E-state index contributed by atoms with van der Waals surface area (Å²) < 4.78 is 7.07. The van der Waals surface area contributed by atoms with Crippen molar-refractivity contribution in [1.82, 2.24) is 19.5 Å². The van der Waals surface area contributed by atoms with Crippen LogP contribution in [0.15, 0.2) is 59.5 Å². The largest absolute Gasteiger partial charge is 0.507 e. The molecule has 7 nitrogen and oxygen atoms in total. The third kappa shape index (κ3) is 4.16. The van der Waals surface area contributed by atoms with E-state index in [2.05, 4.69) is 15.3 Å². The highest BCUT2D eigenvalue weighted by Gasteiger charge is 2.21. The van der Waals surface area contributed by atoms with E-state index in [1.165, 1.54) is 18.4 Å². The van der Waals surface area contributed by atoms with Gasteiger partial charge in [0.2, 0.25) is 0 Å². The molecule has 4 heterocycles. The number of benzene rings is 1. The first kappa shape index (κ1) is 19.7. The molecule has 4 aromatic rings. The first-order chi connectivity index (χ1) is 15.2. The van der Waals surface area contributed by atoms with Gasteiger partial charge in [0.05, 0.1) is 18.2 Å². The Kier molecular flexibility index (Phi) is 5.38. The van der Waals surface area contributed by atoms with Crippen molar-refractivity contribution in [3.8, 4) is 17.0 Å². The van der Waals surface area contributed by atoms with E-state index in [-0.39, 0.29) is 5.75 Å². The van der Waals surface area contributed by atoms with Gasteiger partial charge in [0.25, 0.3) is 0 Å². The molecule has 0 bridgehead atoms. The van der Waals surface area contributed by atoms with Crippen LogP contribution in [0.2, 0.25) is 0 Å². The molecule has 1 atom stereocenters. The highest BCUT2D eigenvalue weighted by atomic mass is 16.3. The molecular formula is C23H26BN5O2. The van der Waals surface area contributed by atoms with Crippen molar-refractivity contribution in [2.45, 2.75) is 19.4 Å². The lowest BCUT2D eigenvalue weighted by Crippen LogP contribution is -2.37. The number of nitrogens with one attached hydrogen (secondary N) is 1. The second-order valence-corrected chi connectivity index (χ2v) is 8.36. The molecule has 8 heteroatoms. The van der Waals surface area contributed by atoms with Crippen LogP contribution < -0.4 is 10.8 Å². The Bertz CT molecular complexity index is 1170. The molecular weight excluding hydrogens is 389 g/mol. The average molecular weight is 415 g/mol. The van der Waals surface area contributed by atoms with Crippen molar-refractivity contribution in [3.05, 3.63) is 60.7 Å². The Balaban J connectivity index is 1.35.